The highest BCUT2D eigenvalue weighted by Crippen LogP contribution is 2.29. The molecule has 0 unspecified atom stereocenters. The predicted molar refractivity (Wildman–Crippen MR) is 62.9 cm³/mol. The zero-order chi connectivity index (χ0) is 10.7. The van der Waals surface area contributed by atoms with E-state index in [-0.39, 0.29) is 0 Å². The lowest BCUT2D eigenvalue weighted by molar-refractivity contribution is 0.175. The monoisotopic (exact) mass is 210 g/mol. The average Bonchev–Trinajstić information content (AvgIpc) is 3.03. The maximum atomic E-state index is 5.88. The van der Waals surface area contributed by atoms with Crippen molar-refractivity contribution in [3.63, 3.8) is 0 Å². The Hall–Kier alpha value is -0.770. The molecule has 0 bridgehead atoms. The lowest BCUT2D eigenvalue weighted by atomic mass is 10.3. The Bertz CT molecular complexity index is 227. The number of aliphatic imine (C=N–C) groups is 1. The third-order valence-corrected chi connectivity index (χ3v) is 3.23. The standard InChI is InChI=1S/C11H22N4/c1-2-13-11(12)15-7-5-14(6-8-15)9-10-3-4-10/h10H,2-9H2,1H3,(H2,12,13). The Balaban J connectivity index is 1.73. The van der Waals surface area contributed by atoms with E-state index >= 15 is 0 Å². The maximum Gasteiger partial charge on any atom is 0.191 e. The van der Waals surface area contributed by atoms with Crippen molar-refractivity contribution >= 4 is 5.96 Å². The minimum atomic E-state index is 0.726. The van der Waals surface area contributed by atoms with Crippen LogP contribution in [0.1, 0.15) is 19.8 Å². The molecule has 1 saturated heterocycles. The molecule has 2 fully saturated rings. The van der Waals surface area contributed by atoms with E-state index in [0.29, 0.717) is 0 Å². The number of hydrogen-bond acceptors (Lipinski definition) is 2. The minimum absolute atomic E-state index is 0.726. The highest BCUT2D eigenvalue weighted by molar-refractivity contribution is 5.78. The van der Waals surface area contributed by atoms with E-state index in [0.717, 1.165) is 44.6 Å². The van der Waals surface area contributed by atoms with E-state index in [9.17, 15) is 0 Å². The topological polar surface area (TPSA) is 44.9 Å². The van der Waals surface area contributed by atoms with Crippen LogP contribution in [0.25, 0.3) is 0 Å². The molecule has 0 amide bonds. The Labute approximate surface area is 92.1 Å². The Kier molecular flexibility index (Phi) is 3.46. The summed E-state index contributed by atoms with van der Waals surface area (Å²) in [6, 6.07) is 0. The van der Waals surface area contributed by atoms with Gasteiger partial charge in [-0.25, -0.2) is 0 Å². The van der Waals surface area contributed by atoms with Crippen LogP contribution in [0, 0.1) is 5.92 Å². The van der Waals surface area contributed by atoms with Crippen LogP contribution in [0.5, 0.6) is 0 Å². The van der Waals surface area contributed by atoms with Crippen molar-refractivity contribution in [1.29, 1.82) is 0 Å². The van der Waals surface area contributed by atoms with E-state index in [1.807, 2.05) is 6.92 Å². The van der Waals surface area contributed by atoms with Gasteiger partial charge in [0, 0.05) is 39.3 Å². The Morgan fingerprint density at radius 3 is 2.47 bits per heavy atom. The molecule has 4 heteroatoms. The predicted octanol–water partition coefficient (Wildman–Crippen LogP) is 0.349. The van der Waals surface area contributed by atoms with Crippen LogP contribution in [0.4, 0.5) is 0 Å². The molecule has 1 saturated carbocycles. The van der Waals surface area contributed by atoms with Crippen LogP contribution in [0.3, 0.4) is 0 Å². The van der Waals surface area contributed by atoms with Crippen LogP contribution < -0.4 is 5.73 Å². The number of hydrogen-bond donors (Lipinski definition) is 1. The van der Waals surface area contributed by atoms with Crippen LogP contribution in [0.2, 0.25) is 0 Å². The summed E-state index contributed by atoms with van der Waals surface area (Å²) in [4.78, 5) is 9.01. The van der Waals surface area contributed by atoms with Crippen molar-refractivity contribution in [2.24, 2.45) is 16.6 Å². The zero-order valence-corrected chi connectivity index (χ0v) is 9.65. The second-order valence-electron chi connectivity index (χ2n) is 4.56. The van der Waals surface area contributed by atoms with Gasteiger partial charge in [-0.05, 0) is 25.7 Å². The Morgan fingerprint density at radius 1 is 1.27 bits per heavy atom. The van der Waals surface area contributed by atoms with Crippen molar-refractivity contribution in [3.8, 4) is 0 Å². The summed E-state index contributed by atoms with van der Waals surface area (Å²) in [6.07, 6.45) is 2.89. The molecule has 2 rings (SSSR count). The van der Waals surface area contributed by atoms with Gasteiger partial charge in [0.15, 0.2) is 5.96 Å². The molecule has 0 aromatic heterocycles. The number of rotatable bonds is 3. The molecule has 0 aromatic rings. The van der Waals surface area contributed by atoms with Crippen molar-refractivity contribution in [2.45, 2.75) is 19.8 Å². The van der Waals surface area contributed by atoms with Crippen LogP contribution >= 0.6 is 0 Å². The highest BCUT2D eigenvalue weighted by Gasteiger charge is 2.26. The third kappa shape index (κ3) is 3.09. The van der Waals surface area contributed by atoms with E-state index in [4.69, 9.17) is 5.73 Å². The fourth-order valence-corrected chi connectivity index (χ4v) is 2.09. The number of nitrogens with two attached hydrogens (primary N) is 1. The van der Waals surface area contributed by atoms with Gasteiger partial charge in [-0.15, -0.1) is 0 Å². The SMILES string of the molecule is CCN=C(N)N1CCN(CC2CC2)CC1. The molecule has 15 heavy (non-hydrogen) atoms. The minimum Gasteiger partial charge on any atom is -0.370 e. The molecule has 1 aliphatic carbocycles. The fourth-order valence-electron chi connectivity index (χ4n) is 2.09. The Morgan fingerprint density at radius 2 is 1.93 bits per heavy atom. The average molecular weight is 210 g/mol. The molecule has 86 valence electrons. The molecule has 0 spiro atoms. The fraction of sp³-hybridized carbons (Fsp3) is 0.909. The van der Waals surface area contributed by atoms with Crippen molar-refractivity contribution in [1.82, 2.24) is 9.80 Å². The lowest BCUT2D eigenvalue weighted by Crippen LogP contribution is -2.51. The van der Waals surface area contributed by atoms with Crippen molar-refractivity contribution in [2.75, 3.05) is 39.3 Å². The summed E-state index contributed by atoms with van der Waals surface area (Å²) in [5.41, 5.74) is 5.88. The molecular formula is C11H22N4. The van der Waals surface area contributed by atoms with E-state index < -0.39 is 0 Å². The van der Waals surface area contributed by atoms with E-state index in [1.54, 1.807) is 0 Å². The molecule has 0 atom stereocenters. The van der Waals surface area contributed by atoms with E-state index in [1.165, 1.54) is 19.4 Å². The lowest BCUT2D eigenvalue weighted by Gasteiger charge is -2.35. The first-order valence-corrected chi connectivity index (χ1v) is 6.07. The molecule has 2 N–H and O–H groups in total. The second kappa shape index (κ2) is 4.84. The first-order chi connectivity index (χ1) is 7.29. The van der Waals surface area contributed by atoms with Gasteiger partial charge in [0.1, 0.15) is 0 Å². The van der Waals surface area contributed by atoms with Crippen LogP contribution in [0.15, 0.2) is 4.99 Å². The molecular weight excluding hydrogens is 188 g/mol. The molecule has 0 aromatic carbocycles. The first-order valence-electron chi connectivity index (χ1n) is 6.07. The first kappa shape index (κ1) is 10.7. The van der Waals surface area contributed by atoms with Gasteiger partial charge >= 0.3 is 0 Å². The summed E-state index contributed by atoms with van der Waals surface area (Å²) >= 11 is 0. The summed E-state index contributed by atoms with van der Waals surface area (Å²) in [5, 5.41) is 0. The van der Waals surface area contributed by atoms with E-state index in [2.05, 4.69) is 14.8 Å². The molecule has 2 aliphatic rings. The van der Waals surface area contributed by atoms with Gasteiger partial charge in [-0.2, -0.15) is 0 Å². The van der Waals surface area contributed by atoms with Gasteiger partial charge in [-0.3, -0.25) is 9.89 Å². The summed E-state index contributed by atoms with van der Waals surface area (Å²) in [7, 11) is 0. The molecule has 4 nitrogen and oxygen atoms in total. The maximum absolute atomic E-state index is 5.88. The van der Waals surface area contributed by atoms with Gasteiger partial charge in [0.05, 0.1) is 0 Å². The normalized spacial score (nSPS) is 24.6. The number of nitrogens with zero attached hydrogens (tertiary/aromatic N) is 3. The summed E-state index contributed by atoms with van der Waals surface area (Å²) in [6.45, 7) is 8.50. The van der Waals surface area contributed by atoms with Gasteiger partial charge < -0.3 is 10.6 Å². The number of guanidine groups is 1. The highest BCUT2D eigenvalue weighted by atomic mass is 15.3. The van der Waals surface area contributed by atoms with Crippen LogP contribution in [-0.4, -0.2) is 55.0 Å². The van der Waals surface area contributed by atoms with Crippen LogP contribution in [-0.2, 0) is 0 Å². The van der Waals surface area contributed by atoms with Gasteiger partial charge in [0.25, 0.3) is 0 Å². The smallest absolute Gasteiger partial charge is 0.191 e. The summed E-state index contributed by atoms with van der Waals surface area (Å²) < 4.78 is 0. The number of piperazine rings is 1. The molecule has 1 heterocycles. The van der Waals surface area contributed by atoms with Crippen molar-refractivity contribution in [3.05, 3.63) is 0 Å². The quantitative estimate of drug-likeness (QED) is 0.540. The van der Waals surface area contributed by atoms with Gasteiger partial charge in [-0.1, -0.05) is 0 Å². The molecule has 0 radical (unpaired) electrons. The second-order valence-corrected chi connectivity index (χ2v) is 4.56. The molecule has 1 aliphatic heterocycles. The zero-order valence-electron chi connectivity index (χ0n) is 9.65. The van der Waals surface area contributed by atoms with Gasteiger partial charge in [0.2, 0.25) is 0 Å². The van der Waals surface area contributed by atoms with Crippen molar-refractivity contribution < 1.29 is 0 Å². The largest absolute Gasteiger partial charge is 0.370 e. The third-order valence-electron chi connectivity index (χ3n) is 3.23. The summed E-state index contributed by atoms with van der Waals surface area (Å²) in [5.74, 6) is 1.72.